The van der Waals surface area contributed by atoms with E-state index in [9.17, 15) is 37.1 Å². The van der Waals surface area contributed by atoms with Crippen LogP contribution in [0.15, 0.2) is 65.7 Å². The number of carboxylic acid groups (broad SMARTS) is 1. The fourth-order valence-electron chi connectivity index (χ4n) is 6.10. The van der Waals surface area contributed by atoms with Gasteiger partial charge in [0.05, 0.1) is 23.6 Å². The van der Waals surface area contributed by atoms with Crippen molar-refractivity contribution >= 4 is 11.9 Å². The minimum Gasteiger partial charge on any atom is -0.481 e. The lowest BCUT2D eigenvalue weighted by Gasteiger charge is -2.27. The van der Waals surface area contributed by atoms with Crippen LogP contribution in [0.4, 0.5) is 22.0 Å². The van der Waals surface area contributed by atoms with E-state index in [0.717, 1.165) is 10.8 Å². The molecule has 12 heteroatoms. The van der Waals surface area contributed by atoms with E-state index in [1.54, 1.807) is 45.9 Å². The molecule has 4 rings (SSSR count). The number of aryl methyl sites for hydroxylation is 4. The average Bonchev–Trinajstić information content (AvgIpc) is 3.02. The largest absolute Gasteiger partial charge is 0.481 e. The molecule has 0 aliphatic carbocycles. The van der Waals surface area contributed by atoms with Crippen LogP contribution in [0, 0.1) is 43.7 Å². The van der Waals surface area contributed by atoms with Crippen LogP contribution in [0.5, 0.6) is 0 Å². The Balaban J connectivity index is 1.81. The van der Waals surface area contributed by atoms with E-state index < -0.39 is 59.3 Å². The smallest absolute Gasteiger partial charge is 0.416 e. The number of alkyl halides is 3. The van der Waals surface area contributed by atoms with Crippen LogP contribution >= 0.6 is 0 Å². The molecule has 0 fully saturated rings. The SMILES string of the molecule is C#Cc1cc(-c2c(C)cc(F)cc2C)cc([C@H](CC(=O)O)NC(=O)[C@@H](CC(C)C)n2cc(CCc3ccccn3)c(C(F)(F)F)cc2=O)c1F. The number of hydrogen-bond acceptors (Lipinski definition) is 4. The van der Waals surface area contributed by atoms with Crippen LogP contribution in [0.2, 0.25) is 0 Å². The molecule has 2 aromatic carbocycles. The van der Waals surface area contributed by atoms with Gasteiger partial charge in [-0.2, -0.15) is 13.2 Å². The van der Waals surface area contributed by atoms with Gasteiger partial charge in [0.15, 0.2) is 0 Å². The molecule has 0 aliphatic rings. The van der Waals surface area contributed by atoms with Gasteiger partial charge in [-0.25, -0.2) is 8.78 Å². The summed E-state index contributed by atoms with van der Waals surface area (Å²) in [5.41, 5.74) is -0.593. The molecule has 7 nitrogen and oxygen atoms in total. The van der Waals surface area contributed by atoms with Crippen LogP contribution in [-0.2, 0) is 28.6 Å². The van der Waals surface area contributed by atoms with E-state index in [0.29, 0.717) is 34.0 Å². The number of halogens is 5. The maximum Gasteiger partial charge on any atom is 0.416 e. The highest BCUT2D eigenvalue weighted by molar-refractivity contribution is 5.82. The predicted molar refractivity (Wildman–Crippen MR) is 178 cm³/mol. The van der Waals surface area contributed by atoms with Gasteiger partial charge in [0.1, 0.15) is 17.7 Å². The Bertz CT molecular complexity index is 1980. The molecule has 0 saturated heterocycles. The Morgan fingerprint density at radius 2 is 1.72 bits per heavy atom. The van der Waals surface area contributed by atoms with Crippen LogP contribution in [0.3, 0.4) is 0 Å². The van der Waals surface area contributed by atoms with Gasteiger partial charge in [0, 0.05) is 29.7 Å². The molecule has 4 aromatic rings. The van der Waals surface area contributed by atoms with Gasteiger partial charge >= 0.3 is 12.1 Å². The Labute approximate surface area is 286 Å². The third-order valence-electron chi connectivity index (χ3n) is 8.29. The molecule has 0 aliphatic heterocycles. The standard InChI is InChI=1S/C38H36F5N3O4/c1-6-24-16-26(35-22(4)14-27(39)15-23(35)5)17-29(36(24)40)31(19-34(48)49)45-37(50)32(13-21(2)3)46-20-25(10-11-28-9-7-8-12-44-28)30(18-33(46)47)38(41,42)43/h1,7-9,12,14-18,20-21,31-32H,10-11,13,19H2,2-5H3,(H,45,50)(H,48,49)/t31-,32+/m0/s1. The average molecular weight is 694 g/mol. The van der Waals surface area contributed by atoms with Gasteiger partial charge in [-0.05, 0) is 103 Å². The predicted octanol–water partition coefficient (Wildman–Crippen LogP) is 7.51. The topological polar surface area (TPSA) is 101 Å². The number of rotatable bonds is 12. The monoisotopic (exact) mass is 693 g/mol. The second-order valence-electron chi connectivity index (χ2n) is 12.6. The Hall–Kier alpha value is -5.31. The van der Waals surface area contributed by atoms with Crippen LogP contribution in [-0.4, -0.2) is 26.5 Å². The number of aromatic nitrogens is 2. The summed E-state index contributed by atoms with van der Waals surface area (Å²) in [5.74, 6) is -1.80. The third kappa shape index (κ3) is 8.83. The van der Waals surface area contributed by atoms with Crippen molar-refractivity contribution in [2.24, 2.45) is 5.92 Å². The summed E-state index contributed by atoms with van der Waals surface area (Å²) >= 11 is 0. The lowest BCUT2D eigenvalue weighted by molar-refractivity contribution is -0.139. The lowest BCUT2D eigenvalue weighted by atomic mass is 9.90. The highest BCUT2D eigenvalue weighted by Gasteiger charge is 2.36. The van der Waals surface area contributed by atoms with E-state index in [1.807, 2.05) is 0 Å². The molecule has 0 bridgehead atoms. The van der Waals surface area contributed by atoms with E-state index in [-0.39, 0.29) is 41.9 Å². The van der Waals surface area contributed by atoms with Gasteiger partial charge in [-0.1, -0.05) is 25.8 Å². The summed E-state index contributed by atoms with van der Waals surface area (Å²) in [4.78, 5) is 43.5. The first-order chi connectivity index (χ1) is 23.5. The van der Waals surface area contributed by atoms with Crippen molar-refractivity contribution in [2.45, 2.75) is 71.6 Å². The number of pyridine rings is 2. The number of amides is 1. The summed E-state index contributed by atoms with van der Waals surface area (Å²) in [6, 6.07) is 7.79. The fourth-order valence-corrected chi connectivity index (χ4v) is 6.10. The third-order valence-corrected chi connectivity index (χ3v) is 8.29. The van der Waals surface area contributed by atoms with E-state index in [4.69, 9.17) is 6.42 Å². The van der Waals surface area contributed by atoms with Crippen LogP contribution < -0.4 is 10.9 Å². The molecule has 0 spiro atoms. The Morgan fingerprint density at radius 1 is 1.04 bits per heavy atom. The minimum absolute atomic E-state index is 0.0251. The molecule has 2 atom stereocenters. The van der Waals surface area contributed by atoms with Crippen molar-refractivity contribution in [3.05, 3.63) is 122 Å². The second-order valence-corrected chi connectivity index (χ2v) is 12.6. The molecular formula is C38H36F5N3O4. The number of carbonyl (C=O) groups excluding carboxylic acids is 1. The lowest BCUT2D eigenvalue weighted by Crippen LogP contribution is -2.40. The normalized spacial score (nSPS) is 12.7. The number of nitrogens with one attached hydrogen (secondary N) is 1. The Morgan fingerprint density at radius 3 is 2.28 bits per heavy atom. The molecule has 2 N–H and O–H groups in total. The van der Waals surface area contributed by atoms with Crippen molar-refractivity contribution in [1.82, 2.24) is 14.9 Å². The summed E-state index contributed by atoms with van der Waals surface area (Å²) in [5, 5.41) is 12.3. The zero-order chi connectivity index (χ0) is 36.9. The number of benzene rings is 2. The first-order valence-corrected chi connectivity index (χ1v) is 15.8. The molecule has 1 amide bonds. The summed E-state index contributed by atoms with van der Waals surface area (Å²) in [7, 11) is 0. The van der Waals surface area contributed by atoms with Crippen molar-refractivity contribution in [3.63, 3.8) is 0 Å². The van der Waals surface area contributed by atoms with Crippen LogP contribution in [0.1, 0.15) is 77.8 Å². The molecule has 2 heterocycles. The molecule has 2 aromatic heterocycles. The minimum atomic E-state index is -4.86. The van der Waals surface area contributed by atoms with Crippen molar-refractivity contribution < 1.29 is 36.6 Å². The maximum absolute atomic E-state index is 15.9. The van der Waals surface area contributed by atoms with E-state index in [2.05, 4.69) is 16.2 Å². The first kappa shape index (κ1) is 37.5. The number of aliphatic carboxylic acids is 1. The first-order valence-electron chi connectivity index (χ1n) is 15.8. The summed E-state index contributed by atoms with van der Waals surface area (Å²) in [6.45, 7) is 6.76. The van der Waals surface area contributed by atoms with E-state index >= 15 is 4.39 Å². The highest BCUT2D eigenvalue weighted by Crippen LogP contribution is 2.35. The number of carboxylic acids is 1. The van der Waals surface area contributed by atoms with Gasteiger partial charge in [0.2, 0.25) is 5.91 Å². The molecule has 0 radical (unpaired) electrons. The van der Waals surface area contributed by atoms with E-state index in [1.165, 1.54) is 30.5 Å². The Kier molecular flexibility index (Phi) is 11.6. The van der Waals surface area contributed by atoms with Gasteiger partial charge < -0.3 is 15.0 Å². The number of hydrogen-bond donors (Lipinski definition) is 2. The van der Waals surface area contributed by atoms with Gasteiger partial charge in [-0.3, -0.25) is 19.4 Å². The number of nitrogens with zero attached hydrogens (tertiary/aromatic N) is 2. The van der Waals surface area contributed by atoms with Crippen molar-refractivity contribution in [2.75, 3.05) is 0 Å². The zero-order valence-electron chi connectivity index (χ0n) is 27.9. The van der Waals surface area contributed by atoms with Gasteiger partial charge in [0.25, 0.3) is 5.56 Å². The quantitative estimate of drug-likeness (QED) is 0.118. The highest BCUT2D eigenvalue weighted by atomic mass is 19.4. The van der Waals surface area contributed by atoms with Crippen LogP contribution in [0.25, 0.3) is 11.1 Å². The summed E-state index contributed by atoms with van der Waals surface area (Å²) < 4.78 is 73.2. The summed E-state index contributed by atoms with van der Waals surface area (Å²) in [6.07, 6.45) is 2.39. The number of terminal acetylenes is 1. The molecule has 0 unspecified atom stereocenters. The van der Waals surface area contributed by atoms with Crippen molar-refractivity contribution in [3.8, 4) is 23.5 Å². The maximum atomic E-state index is 15.9. The van der Waals surface area contributed by atoms with Gasteiger partial charge in [-0.15, -0.1) is 6.42 Å². The van der Waals surface area contributed by atoms with Crippen molar-refractivity contribution in [1.29, 1.82) is 0 Å². The zero-order valence-corrected chi connectivity index (χ0v) is 27.9. The number of carbonyl (C=O) groups is 2. The molecule has 262 valence electrons. The molecule has 50 heavy (non-hydrogen) atoms. The second kappa shape index (κ2) is 15.5. The fraction of sp³-hybridized carbons (Fsp3) is 0.316. The molecule has 0 saturated carbocycles. The molecular weight excluding hydrogens is 657 g/mol.